The first-order valence-corrected chi connectivity index (χ1v) is 6.46. The van der Waals surface area contributed by atoms with Gasteiger partial charge in [-0.1, -0.05) is 12.1 Å². The topological polar surface area (TPSA) is 40.2 Å². The van der Waals surface area contributed by atoms with E-state index in [9.17, 15) is 0 Å². The van der Waals surface area contributed by atoms with Crippen molar-refractivity contribution in [3.05, 3.63) is 30.0 Å². The number of methoxy groups -OCH3 is 1. The van der Waals surface area contributed by atoms with Gasteiger partial charge in [0.05, 0.1) is 12.6 Å². The van der Waals surface area contributed by atoms with Crippen molar-refractivity contribution in [3.8, 4) is 5.75 Å². The first-order chi connectivity index (χ1) is 8.54. The monoisotopic (exact) mass is 246 g/mol. The van der Waals surface area contributed by atoms with Crippen LogP contribution in [0.4, 0.5) is 0 Å². The molecule has 0 radical (unpaired) electrons. The molecular weight excluding hydrogens is 224 g/mol. The van der Waals surface area contributed by atoms with Crippen molar-refractivity contribution in [1.82, 2.24) is 4.57 Å². The molecule has 0 amide bonds. The highest BCUT2D eigenvalue weighted by Crippen LogP contribution is 2.32. The van der Waals surface area contributed by atoms with Crippen molar-refractivity contribution in [3.63, 3.8) is 0 Å². The molecule has 98 valence electrons. The summed E-state index contributed by atoms with van der Waals surface area (Å²) in [6, 6.07) is 6.77. The number of hydrogen-bond donors (Lipinski definition) is 1. The highest BCUT2D eigenvalue weighted by molar-refractivity contribution is 5.89. The minimum absolute atomic E-state index is 0.169. The zero-order valence-electron chi connectivity index (χ0n) is 11.6. The molecule has 1 aromatic heterocycles. The molecule has 1 atom stereocenters. The van der Waals surface area contributed by atoms with Crippen LogP contribution in [-0.4, -0.2) is 17.7 Å². The SMILES string of the molecule is COc1cccc2c(CC(C)N)cn(C(C)C)c12. The molecular formula is C15H22N2O. The predicted octanol–water partition coefficient (Wildman–Crippen LogP) is 3.12. The lowest BCUT2D eigenvalue weighted by atomic mass is 10.1. The number of aromatic nitrogens is 1. The van der Waals surface area contributed by atoms with E-state index in [0.717, 1.165) is 12.2 Å². The van der Waals surface area contributed by atoms with Crippen LogP contribution in [0, 0.1) is 0 Å². The van der Waals surface area contributed by atoms with Gasteiger partial charge < -0.3 is 15.0 Å². The molecule has 0 aliphatic carbocycles. The van der Waals surface area contributed by atoms with E-state index in [1.165, 1.54) is 16.5 Å². The van der Waals surface area contributed by atoms with E-state index in [2.05, 4.69) is 30.7 Å². The van der Waals surface area contributed by atoms with E-state index < -0.39 is 0 Å². The largest absolute Gasteiger partial charge is 0.495 e. The van der Waals surface area contributed by atoms with Crippen molar-refractivity contribution < 1.29 is 4.74 Å². The number of nitrogens with zero attached hydrogens (tertiary/aromatic N) is 1. The molecule has 0 aliphatic heterocycles. The molecule has 1 heterocycles. The molecule has 1 aromatic carbocycles. The number of benzene rings is 1. The maximum Gasteiger partial charge on any atom is 0.143 e. The third kappa shape index (κ3) is 2.23. The highest BCUT2D eigenvalue weighted by Gasteiger charge is 2.15. The van der Waals surface area contributed by atoms with Gasteiger partial charge >= 0.3 is 0 Å². The second-order valence-corrected chi connectivity index (χ2v) is 5.19. The van der Waals surface area contributed by atoms with E-state index in [1.54, 1.807) is 7.11 Å². The lowest BCUT2D eigenvalue weighted by Crippen LogP contribution is -2.17. The van der Waals surface area contributed by atoms with Crippen molar-refractivity contribution in [1.29, 1.82) is 0 Å². The maximum atomic E-state index is 5.93. The number of hydrogen-bond acceptors (Lipinski definition) is 2. The first kappa shape index (κ1) is 13.0. The van der Waals surface area contributed by atoms with E-state index in [1.807, 2.05) is 19.1 Å². The summed E-state index contributed by atoms with van der Waals surface area (Å²) < 4.78 is 7.75. The predicted molar refractivity (Wildman–Crippen MR) is 76.2 cm³/mol. The van der Waals surface area contributed by atoms with Gasteiger partial charge in [-0.05, 0) is 38.8 Å². The van der Waals surface area contributed by atoms with Crippen molar-refractivity contribution in [2.75, 3.05) is 7.11 Å². The van der Waals surface area contributed by atoms with Gasteiger partial charge in [-0.3, -0.25) is 0 Å². The van der Waals surface area contributed by atoms with Crippen LogP contribution >= 0.6 is 0 Å². The molecule has 3 nitrogen and oxygen atoms in total. The molecule has 2 rings (SSSR count). The Morgan fingerprint density at radius 3 is 2.56 bits per heavy atom. The minimum Gasteiger partial charge on any atom is -0.495 e. The molecule has 1 unspecified atom stereocenters. The van der Waals surface area contributed by atoms with Gasteiger partial charge in [0.2, 0.25) is 0 Å². The molecule has 18 heavy (non-hydrogen) atoms. The lowest BCUT2D eigenvalue weighted by Gasteiger charge is -2.11. The average Bonchev–Trinajstić information content (AvgIpc) is 2.67. The maximum absolute atomic E-state index is 5.93. The van der Waals surface area contributed by atoms with E-state index in [0.29, 0.717) is 6.04 Å². The Bertz CT molecular complexity index is 541. The minimum atomic E-state index is 0.169. The Labute approximate surface area is 109 Å². The summed E-state index contributed by atoms with van der Waals surface area (Å²) in [7, 11) is 1.72. The van der Waals surface area contributed by atoms with Gasteiger partial charge in [-0.2, -0.15) is 0 Å². The number of fused-ring (bicyclic) bond motifs is 1. The first-order valence-electron chi connectivity index (χ1n) is 6.46. The fraction of sp³-hybridized carbons (Fsp3) is 0.467. The van der Waals surface area contributed by atoms with Crippen LogP contribution in [0.2, 0.25) is 0 Å². The third-order valence-corrected chi connectivity index (χ3v) is 3.22. The summed E-state index contributed by atoms with van der Waals surface area (Å²) in [4.78, 5) is 0. The molecule has 0 spiro atoms. The van der Waals surface area contributed by atoms with Gasteiger partial charge in [-0.25, -0.2) is 0 Å². The normalized spacial score (nSPS) is 13.2. The molecule has 2 N–H and O–H groups in total. The van der Waals surface area contributed by atoms with Gasteiger partial charge in [0.25, 0.3) is 0 Å². The van der Waals surface area contributed by atoms with Crippen molar-refractivity contribution >= 4 is 10.9 Å². The number of nitrogens with two attached hydrogens (primary N) is 1. The summed E-state index contributed by atoms with van der Waals surface area (Å²) in [6.07, 6.45) is 3.10. The number of ether oxygens (including phenoxy) is 1. The zero-order chi connectivity index (χ0) is 13.3. The van der Waals surface area contributed by atoms with Crippen LogP contribution in [0.1, 0.15) is 32.4 Å². The smallest absolute Gasteiger partial charge is 0.143 e. The Hall–Kier alpha value is -1.48. The molecule has 2 aromatic rings. The molecule has 3 heteroatoms. The van der Waals surface area contributed by atoms with E-state index in [4.69, 9.17) is 10.5 Å². The molecule has 0 bridgehead atoms. The summed E-state index contributed by atoms with van der Waals surface area (Å²) >= 11 is 0. The fourth-order valence-corrected chi connectivity index (χ4v) is 2.43. The van der Waals surface area contributed by atoms with Gasteiger partial charge in [0.1, 0.15) is 5.75 Å². The second-order valence-electron chi connectivity index (χ2n) is 5.19. The Morgan fingerprint density at radius 2 is 2.00 bits per heavy atom. The number of para-hydroxylation sites is 1. The average molecular weight is 246 g/mol. The van der Waals surface area contributed by atoms with Crippen molar-refractivity contribution in [2.45, 2.75) is 39.3 Å². The summed E-state index contributed by atoms with van der Waals surface area (Å²) in [6.45, 7) is 6.40. The lowest BCUT2D eigenvalue weighted by molar-refractivity contribution is 0.416. The summed E-state index contributed by atoms with van der Waals surface area (Å²) in [5.41, 5.74) is 8.40. The van der Waals surface area contributed by atoms with Crippen LogP contribution in [0.15, 0.2) is 24.4 Å². The molecule has 0 saturated heterocycles. The van der Waals surface area contributed by atoms with Gasteiger partial charge in [0, 0.05) is 23.7 Å². The Kier molecular flexibility index (Phi) is 3.62. The second kappa shape index (κ2) is 5.02. The van der Waals surface area contributed by atoms with Crippen LogP contribution in [0.5, 0.6) is 5.75 Å². The van der Waals surface area contributed by atoms with E-state index in [-0.39, 0.29) is 6.04 Å². The Balaban J connectivity index is 2.68. The molecule has 0 saturated carbocycles. The molecule has 0 aliphatic rings. The summed E-state index contributed by atoms with van der Waals surface area (Å²) in [5.74, 6) is 0.928. The third-order valence-electron chi connectivity index (χ3n) is 3.22. The zero-order valence-corrected chi connectivity index (χ0v) is 11.6. The standard InChI is InChI=1S/C15H22N2O/c1-10(2)17-9-12(8-11(3)16)13-6-5-7-14(18-4)15(13)17/h5-7,9-11H,8,16H2,1-4H3. The van der Waals surface area contributed by atoms with Crippen molar-refractivity contribution in [2.24, 2.45) is 5.73 Å². The quantitative estimate of drug-likeness (QED) is 0.900. The van der Waals surface area contributed by atoms with Crippen LogP contribution in [0.25, 0.3) is 10.9 Å². The number of rotatable bonds is 4. The van der Waals surface area contributed by atoms with Crippen LogP contribution in [-0.2, 0) is 6.42 Å². The highest BCUT2D eigenvalue weighted by atomic mass is 16.5. The Morgan fingerprint density at radius 1 is 1.28 bits per heavy atom. The van der Waals surface area contributed by atoms with Gasteiger partial charge in [0.15, 0.2) is 0 Å². The van der Waals surface area contributed by atoms with E-state index >= 15 is 0 Å². The van der Waals surface area contributed by atoms with Crippen LogP contribution in [0.3, 0.4) is 0 Å². The fourth-order valence-electron chi connectivity index (χ4n) is 2.43. The van der Waals surface area contributed by atoms with Gasteiger partial charge in [-0.15, -0.1) is 0 Å². The van der Waals surface area contributed by atoms with Crippen LogP contribution < -0.4 is 10.5 Å². The molecule has 0 fully saturated rings. The summed E-state index contributed by atoms with van der Waals surface area (Å²) in [5, 5.41) is 1.25.